The summed E-state index contributed by atoms with van der Waals surface area (Å²) in [5.74, 6) is 0.720. The molecule has 152 valence electrons. The van der Waals surface area contributed by atoms with Crippen LogP contribution in [0.4, 0.5) is 0 Å². The van der Waals surface area contributed by atoms with Crippen LogP contribution in [-0.4, -0.2) is 26.2 Å². The van der Waals surface area contributed by atoms with Crippen LogP contribution in [-0.2, 0) is 4.43 Å². The first kappa shape index (κ1) is 23.5. The molecule has 0 heterocycles. The van der Waals surface area contributed by atoms with Gasteiger partial charge in [0.1, 0.15) is 0 Å². The van der Waals surface area contributed by atoms with Gasteiger partial charge in [-0.2, -0.15) is 0 Å². The van der Waals surface area contributed by atoms with E-state index in [2.05, 4.69) is 54.5 Å². The van der Waals surface area contributed by atoms with Crippen molar-refractivity contribution in [3.8, 4) is 0 Å². The van der Waals surface area contributed by atoms with Crippen LogP contribution in [0.1, 0.15) is 78.1 Å². The third-order valence-electron chi connectivity index (χ3n) is 5.52. The van der Waals surface area contributed by atoms with Crippen molar-refractivity contribution in [3.05, 3.63) is 47.9 Å². The first-order valence-corrected chi connectivity index (χ1v) is 12.5. The number of carbonyl (C=O) groups excluding carboxylic acids is 1. The summed E-state index contributed by atoms with van der Waals surface area (Å²) < 4.78 is 6.88. The molecule has 0 radical (unpaired) electrons. The lowest BCUT2D eigenvalue weighted by Gasteiger charge is -2.44. The minimum atomic E-state index is -2.12. The van der Waals surface area contributed by atoms with Gasteiger partial charge in [-0.15, -0.1) is 0 Å². The van der Waals surface area contributed by atoms with E-state index in [1.165, 1.54) is 0 Å². The Balaban J connectivity index is 3.27. The van der Waals surface area contributed by atoms with Gasteiger partial charge in [0.2, 0.25) is 0 Å². The summed E-state index contributed by atoms with van der Waals surface area (Å²) in [6.07, 6.45) is 5.28. The zero-order valence-electron chi connectivity index (χ0n) is 18.6. The molecular formula is C23H39NO2Si. The van der Waals surface area contributed by atoms with Gasteiger partial charge in [-0.3, -0.25) is 9.69 Å². The maximum Gasteiger partial charge on any atom is 0.260 e. The zero-order chi connectivity index (χ0) is 20.6. The van der Waals surface area contributed by atoms with Crippen molar-refractivity contribution in [1.82, 2.24) is 4.90 Å². The van der Waals surface area contributed by atoms with Crippen LogP contribution in [0.5, 0.6) is 0 Å². The second-order valence-corrected chi connectivity index (χ2v) is 13.7. The molecule has 0 aliphatic heterocycles. The summed E-state index contributed by atoms with van der Waals surface area (Å²) in [4.78, 5) is 14.7. The van der Waals surface area contributed by atoms with E-state index in [9.17, 15) is 4.79 Å². The molecule has 0 aliphatic rings. The first-order valence-electron chi connectivity index (χ1n) is 10.4. The summed E-state index contributed by atoms with van der Waals surface area (Å²) in [7, 11) is -0.282. The monoisotopic (exact) mass is 389 g/mol. The van der Waals surface area contributed by atoms with Crippen LogP contribution in [0.2, 0.25) is 16.6 Å². The second-order valence-electron chi connectivity index (χ2n) is 8.33. The largest absolute Gasteiger partial charge is 0.531 e. The van der Waals surface area contributed by atoms with Crippen molar-refractivity contribution >= 4 is 14.2 Å². The van der Waals surface area contributed by atoms with Crippen LogP contribution in [0.25, 0.3) is 0 Å². The molecule has 0 saturated heterocycles. The summed E-state index contributed by atoms with van der Waals surface area (Å²) in [6, 6.07) is 9.45. The van der Waals surface area contributed by atoms with Gasteiger partial charge >= 0.3 is 0 Å². The van der Waals surface area contributed by atoms with Gasteiger partial charge in [0.05, 0.1) is 0 Å². The molecule has 1 rings (SSSR count). The van der Waals surface area contributed by atoms with Crippen LogP contribution in [0.15, 0.2) is 42.3 Å². The fourth-order valence-corrected chi connectivity index (χ4v) is 9.38. The number of hydrogen-bond donors (Lipinski definition) is 0. The topological polar surface area (TPSA) is 29.5 Å². The minimum Gasteiger partial charge on any atom is -0.531 e. The maximum absolute atomic E-state index is 13.0. The number of benzene rings is 1. The average Bonchev–Trinajstić information content (AvgIpc) is 2.63. The number of carbonyl (C=O) groups is 1. The third-order valence-corrected chi connectivity index (χ3v) is 11.5. The molecule has 4 heteroatoms. The number of nitrogens with zero attached hydrogens (tertiary/aromatic N) is 1. The van der Waals surface area contributed by atoms with Crippen molar-refractivity contribution in [1.29, 1.82) is 0 Å². The van der Waals surface area contributed by atoms with Crippen LogP contribution >= 0.6 is 0 Å². The van der Waals surface area contributed by atoms with Gasteiger partial charge < -0.3 is 4.43 Å². The van der Waals surface area contributed by atoms with Crippen LogP contribution < -0.4 is 0 Å². The lowest BCUT2D eigenvalue weighted by molar-refractivity contribution is 0.0772. The van der Waals surface area contributed by atoms with E-state index in [4.69, 9.17) is 4.43 Å². The zero-order valence-corrected chi connectivity index (χ0v) is 19.6. The van der Waals surface area contributed by atoms with Gasteiger partial charge in [-0.1, -0.05) is 73.1 Å². The predicted octanol–water partition coefficient (Wildman–Crippen LogP) is 6.98. The summed E-state index contributed by atoms with van der Waals surface area (Å²) in [6.45, 7) is 15.8. The Kier molecular flexibility index (Phi) is 9.30. The Morgan fingerprint density at radius 1 is 1.04 bits per heavy atom. The van der Waals surface area contributed by atoms with E-state index < -0.39 is 8.32 Å². The molecule has 0 bridgehead atoms. The molecule has 1 amide bonds. The van der Waals surface area contributed by atoms with Crippen molar-refractivity contribution in [2.45, 2.75) is 84.4 Å². The van der Waals surface area contributed by atoms with E-state index >= 15 is 0 Å². The molecule has 0 fully saturated rings. The van der Waals surface area contributed by atoms with Crippen molar-refractivity contribution in [2.24, 2.45) is 0 Å². The molecule has 27 heavy (non-hydrogen) atoms. The Morgan fingerprint density at radius 3 is 2.00 bits per heavy atom. The minimum absolute atomic E-state index is 0.0162. The number of hydrogen-bond acceptors (Lipinski definition) is 2. The maximum atomic E-state index is 13.0. The van der Waals surface area contributed by atoms with Crippen LogP contribution in [0, 0.1) is 0 Å². The fourth-order valence-electron chi connectivity index (χ4n) is 4.09. The van der Waals surface area contributed by atoms with Gasteiger partial charge in [0, 0.05) is 12.6 Å². The molecule has 0 atom stereocenters. The van der Waals surface area contributed by atoms with Crippen LogP contribution in [0.3, 0.4) is 0 Å². The Hall–Kier alpha value is -1.55. The highest BCUT2D eigenvalue weighted by molar-refractivity contribution is 6.77. The van der Waals surface area contributed by atoms with Crippen molar-refractivity contribution < 1.29 is 9.22 Å². The molecule has 1 aromatic rings. The summed E-state index contributed by atoms with van der Waals surface area (Å²) in [5.41, 5.74) is 2.09. The molecule has 3 nitrogen and oxygen atoms in total. The Bertz CT molecular complexity index is 586. The van der Waals surface area contributed by atoms with Crippen molar-refractivity contribution in [3.63, 3.8) is 0 Å². The summed E-state index contributed by atoms with van der Waals surface area (Å²) >= 11 is 0. The van der Waals surface area contributed by atoms with E-state index in [0.717, 1.165) is 25.1 Å². The van der Waals surface area contributed by atoms with E-state index in [0.29, 0.717) is 22.2 Å². The normalized spacial score (nSPS) is 12.8. The van der Waals surface area contributed by atoms with E-state index in [-0.39, 0.29) is 5.91 Å². The Morgan fingerprint density at radius 2 is 1.56 bits per heavy atom. The number of amides is 1. The lowest BCUT2D eigenvalue weighted by atomic mass is 10.2. The first-order chi connectivity index (χ1) is 12.7. The molecule has 1 aromatic carbocycles. The smallest absolute Gasteiger partial charge is 0.260 e. The SMILES string of the molecule is CCCC/C=C(\O[Si](C(C)C)(C(C)C)C(C)C)N(C)C(=O)c1ccccc1. The molecule has 0 aromatic heterocycles. The standard InChI is InChI=1S/C23H39NO2Si/c1-9-10-12-17-22(24(8)23(25)21-15-13-11-14-16-21)26-27(18(2)3,19(4)5)20(6)7/h11,13-20H,9-10,12H2,1-8H3/b22-17-. The molecule has 0 N–H and O–H groups in total. The average molecular weight is 390 g/mol. The van der Waals surface area contributed by atoms with E-state index in [1.54, 1.807) is 4.90 Å². The van der Waals surface area contributed by atoms with Gasteiger partial charge in [-0.25, -0.2) is 0 Å². The van der Waals surface area contributed by atoms with E-state index in [1.807, 2.05) is 37.4 Å². The molecule has 0 aliphatic carbocycles. The molecule has 0 spiro atoms. The highest BCUT2D eigenvalue weighted by Crippen LogP contribution is 2.44. The highest BCUT2D eigenvalue weighted by Gasteiger charge is 2.48. The number of rotatable bonds is 10. The third kappa shape index (κ3) is 5.71. The fraction of sp³-hybridized carbons (Fsp3) is 0.609. The summed E-state index contributed by atoms with van der Waals surface area (Å²) in [5, 5.41) is 0. The van der Waals surface area contributed by atoms with Gasteiger partial charge in [0.15, 0.2) is 5.88 Å². The molecule has 0 saturated carbocycles. The molecule has 0 unspecified atom stereocenters. The lowest BCUT2D eigenvalue weighted by Crippen LogP contribution is -2.49. The number of unbranched alkanes of at least 4 members (excludes halogenated alkanes) is 2. The Labute approximate surface area is 167 Å². The second kappa shape index (κ2) is 10.7. The van der Waals surface area contributed by atoms with Gasteiger partial charge in [0.25, 0.3) is 14.2 Å². The van der Waals surface area contributed by atoms with Gasteiger partial charge in [-0.05, 0) is 47.7 Å². The quantitative estimate of drug-likeness (QED) is 0.245. The predicted molar refractivity (Wildman–Crippen MR) is 118 cm³/mol. The van der Waals surface area contributed by atoms with Crippen molar-refractivity contribution in [2.75, 3.05) is 7.05 Å². The molecular weight excluding hydrogens is 350 g/mol. The number of allylic oxidation sites excluding steroid dienone is 1. The highest BCUT2D eigenvalue weighted by atomic mass is 28.4.